The summed E-state index contributed by atoms with van der Waals surface area (Å²) in [5, 5.41) is 0.724. The second-order valence-corrected chi connectivity index (χ2v) is 8.68. The van der Waals surface area contributed by atoms with Gasteiger partial charge in [-0.15, -0.1) is 0 Å². The van der Waals surface area contributed by atoms with Gasteiger partial charge in [-0.2, -0.15) is 0 Å². The van der Waals surface area contributed by atoms with Crippen LogP contribution in [-0.2, 0) is 17.8 Å². The summed E-state index contributed by atoms with van der Waals surface area (Å²) in [7, 11) is 0. The first-order valence-electron chi connectivity index (χ1n) is 10.2. The fraction of sp³-hybridized carbons (Fsp3) is 0.200. The molecule has 5 nitrogen and oxygen atoms in total. The Morgan fingerprint density at radius 3 is 2.55 bits per heavy atom. The van der Waals surface area contributed by atoms with E-state index in [0.717, 1.165) is 37.8 Å². The molecular formula is C25H22N2O3S. The summed E-state index contributed by atoms with van der Waals surface area (Å²) in [5.74, 6) is 1.40. The van der Waals surface area contributed by atoms with Crippen LogP contribution in [0.2, 0.25) is 0 Å². The van der Waals surface area contributed by atoms with Gasteiger partial charge >= 0.3 is 0 Å². The van der Waals surface area contributed by atoms with Crippen molar-refractivity contribution < 1.29 is 14.3 Å². The summed E-state index contributed by atoms with van der Waals surface area (Å²) in [6, 6.07) is 19.9. The van der Waals surface area contributed by atoms with Gasteiger partial charge < -0.3 is 9.47 Å². The minimum atomic E-state index is -0.00270. The van der Waals surface area contributed by atoms with E-state index in [4.69, 9.17) is 14.5 Å². The first-order valence-corrected chi connectivity index (χ1v) is 11.0. The van der Waals surface area contributed by atoms with Crippen molar-refractivity contribution in [3.05, 3.63) is 82.9 Å². The predicted molar refractivity (Wildman–Crippen MR) is 123 cm³/mol. The number of fused-ring (bicyclic) bond motifs is 2. The van der Waals surface area contributed by atoms with Gasteiger partial charge in [0.05, 0.1) is 23.2 Å². The molecule has 4 aromatic rings. The minimum Gasteiger partial charge on any atom is -0.454 e. The van der Waals surface area contributed by atoms with Crippen molar-refractivity contribution in [1.29, 1.82) is 0 Å². The summed E-state index contributed by atoms with van der Waals surface area (Å²) in [6.45, 7) is 4.83. The lowest BCUT2D eigenvalue weighted by atomic mass is 10.1. The number of thiazole rings is 1. The molecule has 1 aliphatic rings. The fourth-order valence-electron chi connectivity index (χ4n) is 3.71. The van der Waals surface area contributed by atoms with E-state index in [1.165, 1.54) is 5.56 Å². The lowest BCUT2D eigenvalue weighted by Crippen LogP contribution is -2.31. The molecule has 0 aliphatic carbocycles. The smallest absolute Gasteiger partial charge is 0.233 e. The maximum absolute atomic E-state index is 13.5. The highest BCUT2D eigenvalue weighted by atomic mass is 32.1. The van der Waals surface area contributed by atoms with Gasteiger partial charge in [-0.05, 0) is 48.2 Å². The first-order chi connectivity index (χ1) is 15.1. The molecule has 0 saturated carbocycles. The number of hydrogen-bond acceptors (Lipinski definition) is 5. The molecule has 0 N–H and O–H groups in total. The SMILES string of the molecule is Cc1ccc(C)c2sc(N(Cc3ccccc3)C(=O)Cc3ccc4c(c3)OCO4)nc12. The van der Waals surface area contributed by atoms with Crippen molar-refractivity contribution in [2.75, 3.05) is 11.7 Å². The summed E-state index contributed by atoms with van der Waals surface area (Å²) in [6.07, 6.45) is 0.261. The molecule has 1 aromatic heterocycles. The number of benzene rings is 3. The minimum absolute atomic E-state index is 0.00270. The number of hydrogen-bond donors (Lipinski definition) is 0. The van der Waals surface area contributed by atoms with Crippen LogP contribution in [0, 0.1) is 13.8 Å². The van der Waals surface area contributed by atoms with Gasteiger partial charge in [0.15, 0.2) is 16.6 Å². The largest absolute Gasteiger partial charge is 0.454 e. The first kappa shape index (κ1) is 19.6. The van der Waals surface area contributed by atoms with Crippen molar-refractivity contribution in [2.45, 2.75) is 26.8 Å². The van der Waals surface area contributed by atoms with Gasteiger partial charge in [0.1, 0.15) is 0 Å². The molecule has 0 bridgehead atoms. The molecule has 6 heteroatoms. The van der Waals surface area contributed by atoms with Crippen LogP contribution in [-0.4, -0.2) is 17.7 Å². The Hall–Kier alpha value is -3.38. The highest BCUT2D eigenvalue weighted by Crippen LogP contribution is 2.35. The number of anilines is 1. The monoisotopic (exact) mass is 430 g/mol. The standard InChI is InChI=1S/C25H22N2O3S/c1-16-8-9-17(2)24-23(16)26-25(31-24)27(14-18-6-4-3-5-7-18)22(28)13-19-10-11-20-21(12-19)30-15-29-20/h3-12H,13-15H2,1-2H3. The molecule has 3 aromatic carbocycles. The number of carbonyl (C=O) groups is 1. The average molecular weight is 431 g/mol. The third-order valence-corrected chi connectivity index (χ3v) is 6.65. The number of carbonyl (C=O) groups excluding carboxylic acids is 1. The van der Waals surface area contributed by atoms with E-state index in [2.05, 4.69) is 26.0 Å². The Balaban J connectivity index is 1.50. The fourth-order valence-corrected chi connectivity index (χ4v) is 4.84. The number of aromatic nitrogens is 1. The van der Waals surface area contributed by atoms with Crippen molar-refractivity contribution in [3.8, 4) is 11.5 Å². The second kappa shape index (κ2) is 8.04. The van der Waals surface area contributed by atoms with Crippen LogP contribution in [0.5, 0.6) is 11.5 Å². The van der Waals surface area contributed by atoms with Crippen molar-refractivity contribution in [1.82, 2.24) is 4.98 Å². The van der Waals surface area contributed by atoms with Crippen molar-refractivity contribution in [3.63, 3.8) is 0 Å². The molecule has 0 unspecified atom stereocenters. The van der Waals surface area contributed by atoms with Crippen molar-refractivity contribution >= 4 is 32.6 Å². The lowest BCUT2D eigenvalue weighted by Gasteiger charge is -2.20. The average Bonchev–Trinajstić information content (AvgIpc) is 3.43. The van der Waals surface area contributed by atoms with Crippen LogP contribution in [0.3, 0.4) is 0 Å². The van der Waals surface area contributed by atoms with Gasteiger partial charge in [-0.3, -0.25) is 9.69 Å². The molecule has 5 rings (SSSR count). The lowest BCUT2D eigenvalue weighted by molar-refractivity contribution is -0.118. The highest BCUT2D eigenvalue weighted by Gasteiger charge is 2.23. The quantitative estimate of drug-likeness (QED) is 0.424. The molecule has 0 saturated heterocycles. The zero-order valence-corrected chi connectivity index (χ0v) is 18.2. The Labute approximate surface area is 184 Å². The van der Waals surface area contributed by atoms with E-state index in [0.29, 0.717) is 12.3 Å². The summed E-state index contributed by atoms with van der Waals surface area (Å²) in [4.78, 5) is 20.1. The molecule has 1 amide bonds. The Kier molecular flexibility index (Phi) is 5.08. The maximum Gasteiger partial charge on any atom is 0.233 e. The van der Waals surface area contributed by atoms with Crippen LogP contribution in [0.25, 0.3) is 10.2 Å². The van der Waals surface area contributed by atoms with Gasteiger partial charge in [0, 0.05) is 0 Å². The topological polar surface area (TPSA) is 51.7 Å². The molecule has 0 fully saturated rings. The third-order valence-electron chi connectivity index (χ3n) is 5.44. The van der Waals surface area contributed by atoms with Crippen LogP contribution in [0.4, 0.5) is 5.13 Å². The van der Waals surface area contributed by atoms with E-state index in [-0.39, 0.29) is 19.1 Å². The van der Waals surface area contributed by atoms with E-state index < -0.39 is 0 Å². The molecule has 31 heavy (non-hydrogen) atoms. The number of amides is 1. The van der Waals surface area contributed by atoms with E-state index in [1.807, 2.05) is 48.5 Å². The van der Waals surface area contributed by atoms with Crippen LogP contribution in [0.1, 0.15) is 22.3 Å². The molecule has 156 valence electrons. The zero-order chi connectivity index (χ0) is 21.4. The number of ether oxygens (including phenoxy) is 2. The van der Waals surface area contributed by atoms with Crippen molar-refractivity contribution in [2.24, 2.45) is 0 Å². The number of rotatable bonds is 5. The molecule has 1 aliphatic heterocycles. The Morgan fingerprint density at radius 2 is 1.74 bits per heavy atom. The van der Waals surface area contributed by atoms with Gasteiger partial charge in [0.2, 0.25) is 12.7 Å². The van der Waals surface area contributed by atoms with Gasteiger partial charge in [0.25, 0.3) is 0 Å². The number of nitrogens with zero attached hydrogens (tertiary/aromatic N) is 2. The Bertz CT molecular complexity index is 1230. The molecule has 0 spiro atoms. The van der Waals surface area contributed by atoms with E-state index in [1.54, 1.807) is 16.2 Å². The third kappa shape index (κ3) is 3.86. The normalized spacial score (nSPS) is 12.3. The number of aryl methyl sites for hydroxylation is 2. The summed E-state index contributed by atoms with van der Waals surface area (Å²) < 4.78 is 12.0. The van der Waals surface area contributed by atoms with Gasteiger partial charge in [-0.1, -0.05) is 59.9 Å². The second-order valence-electron chi connectivity index (χ2n) is 7.70. The summed E-state index contributed by atoms with van der Waals surface area (Å²) in [5.41, 5.74) is 5.21. The van der Waals surface area contributed by atoms with E-state index in [9.17, 15) is 4.79 Å². The van der Waals surface area contributed by atoms with E-state index >= 15 is 0 Å². The molecule has 0 radical (unpaired) electrons. The van der Waals surface area contributed by atoms with Crippen LogP contribution < -0.4 is 14.4 Å². The zero-order valence-electron chi connectivity index (χ0n) is 17.4. The van der Waals surface area contributed by atoms with Gasteiger partial charge in [-0.25, -0.2) is 4.98 Å². The molecule has 2 heterocycles. The Morgan fingerprint density at radius 1 is 0.968 bits per heavy atom. The summed E-state index contributed by atoms with van der Waals surface area (Å²) >= 11 is 1.57. The predicted octanol–water partition coefficient (Wildman–Crippen LogP) is 5.42. The highest BCUT2D eigenvalue weighted by molar-refractivity contribution is 7.22. The molecule has 0 atom stereocenters. The van der Waals surface area contributed by atoms with Crippen LogP contribution in [0.15, 0.2) is 60.7 Å². The maximum atomic E-state index is 13.5. The van der Waals surface area contributed by atoms with Crippen LogP contribution >= 0.6 is 11.3 Å². The molecular weight excluding hydrogens is 408 g/mol.